The van der Waals surface area contributed by atoms with Gasteiger partial charge in [-0.1, -0.05) is 19.4 Å². The number of hydrogen-bond donors (Lipinski definition) is 1. The summed E-state index contributed by atoms with van der Waals surface area (Å²) >= 11 is 0. The van der Waals surface area contributed by atoms with Crippen molar-refractivity contribution >= 4 is 5.91 Å². The lowest BCUT2D eigenvalue weighted by molar-refractivity contribution is 0.0631. The van der Waals surface area contributed by atoms with Gasteiger partial charge in [0.25, 0.3) is 5.91 Å². The minimum Gasteiger partial charge on any atom is -0.497 e. The number of carbonyl (C=O) groups excluding carboxylic acids is 1. The molecule has 0 bridgehead atoms. The number of rotatable bonds is 4. The van der Waals surface area contributed by atoms with E-state index >= 15 is 0 Å². The van der Waals surface area contributed by atoms with Crippen molar-refractivity contribution in [2.75, 3.05) is 27.2 Å². The van der Waals surface area contributed by atoms with E-state index in [9.17, 15) is 4.79 Å². The lowest BCUT2D eigenvalue weighted by Gasteiger charge is -2.38. The summed E-state index contributed by atoms with van der Waals surface area (Å²) in [5, 5.41) is 3.36. The fourth-order valence-corrected chi connectivity index (χ4v) is 2.95. The lowest BCUT2D eigenvalue weighted by atomic mass is 9.89. The molecular formula is C16H24N2O2. The Bertz CT molecular complexity index is 462. The van der Waals surface area contributed by atoms with Crippen molar-refractivity contribution in [2.24, 2.45) is 5.92 Å². The van der Waals surface area contributed by atoms with Crippen LogP contribution in [0, 0.1) is 5.92 Å². The van der Waals surface area contributed by atoms with Crippen molar-refractivity contribution in [3.63, 3.8) is 0 Å². The summed E-state index contributed by atoms with van der Waals surface area (Å²) < 4.78 is 5.19. The maximum Gasteiger partial charge on any atom is 0.253 e. The maximum absolute atomic E-state index is 12.6. The summed E-state index contributed by atoms with van der Waals surface area (Å²) in [5.41, 5.74) is 0.710. The summed E-state index contributed by atoms with van der Waals surface area (Å²) in [7, 11) is 3.63. The summed E-state index contributed by atoms with van der Waals surface area (Å²) in [5.74, 6) is 1.37. The maximum atomic E-state index is 12.6. The molecule has 1 aliphatic rings. The van der Waals surface area contributed by atoms with Crippen LogP contribution in [0.15, 0.2) is 24.3 Å². The molecule has 1 aliphatic heterocycles. The second-order valence-electron chi connectivity index (χ2n) is 5.34. The highest BCUT2D eigenvalue weighted by Gasteiger charge is 2.29. The summed E-state index contributed by atoms with van der Waals surface area (Å²) in [4.78, 5) is 14.5. The Morgan fingerprint density at radius 3 is 2.95 bits per heavy atom. The van der Waals surface area contributed by atoms with Crippen LogP contribution in [-0.2, 0) is 0 Å². The number of ether oxygens (including phenoxy) is 1. The van der Waals surface area contributed by atoms with E-state index in [1.807, 2.05) is 36.2 Å². The minimum atomic E-state index is 0.108. The second kappa shape index (κ2) is 6.75. The quantitative estimate of drug-likeness (QED) is 0.916. The average molecular weight is 276 g/mol. The van der Waals surface area contributed by atoms with Crippen molar-refractivity contribution < 1.29 is 9.53 Å². The van der Waals surface area contributed by atoms with Crippen LogP contribution in [0.25, 0.3) is 0 Å². The van der Waals surface area contributed by atoms with Crippen molar-refractivity contribution in [3.8, 4) is 5.75 Å². The molecule has 110 valence electrons. The number of amides is 1. The van der Waals surface area contributed by atoms with Crippen molar-refractivity contribution in [1.82, 2.24) is 10.2 Å². The fraction of sp³-hybridized carbons (Fsp3) is 0.562. The Balaban J connectivity index is 2.09. The SMILES string of the molecule is CCC1CN(C(=O)c2cccc(OC)c2)CCC1NC. The standard InChI is InChI=1S/C16H24N2O2/c1-4-12-11-18(9-8-15(12)17-2)16(19)13-6-5-7-14(10-13)20-3/h5-7,10,12,15,17H,4,8-9,11H2,1-3H3. The first kappa shape index (κ1) is 14.9. The Morgan fingerprint density at radius 1 is 1.50 bits per heavy atom. The second-order valence-corrected chi connectivity index (χ2v) is 5.34. The van der Waals surface area contributed by atoms with Crippen LogP contribution in [-0.4, -0.2) is 44.1 Å². The van der Waals surface area contributed by atoms with Gasteiger partial charge in [0.15, 0.2) is 0 Å². The molecule has 0 aromatic heterocycles. The molecule has 2 atom stereocenters. The molecule has 20 heavy (non-hydrogen) atoms. The van der Waals surface area contributed by atoms with Crippen LogP contribution in [0.5, 0.6) is 5.75 Å². The number of piperidine rings is 1. The van der Waals surface area contributed by atoms with Crippen LogP contribution in [0.3, 0.4) is 0 Å². The van der Waals surface area contributed by atoms with E-state index in [0.717, 1.165) is 31.7 Å². The van der Waals surface area contributed by atoms with Gasteiger partial charge in [-0.3, -0.25) is 4.79 Å². The van der Waals surface area contributed by atoms with Gasteiger partial charge >= 0.3 is 0 Å². The van der Waals surface area contributed by atoms with Gasteiger partial charge in [-0.2, -0.15) is 0 Å². The van der Waals surface area contributed by atoms with E-state index in [-0.39, 0.29) is 5.91 Å². The average Bonchev–Trinajstić information content (AvgIpc) is 2.53. The van der Waals surface area contributed by atoms with Crippen molar-refractivity contribution in [1.29, 1.82) is 0 Å². The molecule has 4 nitrogen and oxygen atoms in total. The number of nitrogens with one attached hydrogen (secondary N) is 1. The van der Waals surface area contributed by atoms with Gasteiger partial charge in [0.2, 0.25) is 0 Å². The van der Waals surface area contributed by atoms with Gasteiger partial charge < -0.3 is 15.0 Å². The molecule has 0 aliphatic carbocycles. The molecule has 1 amide bonds. The summed E-state index contributed by atoms with van der Waals surface area (Å²) in [6.45, 7) is 3.84. The molecule has 1 heterocycles. The highest BCUT2D eigenvalue weighted by Crippen LogP contribution is 2.22. The molecule has 1 aromatic carbocycles. The van der Waals surface area contributed by atoms with Crippen molar-refractivity contribution in [2.45, 2.75) is 25.8 Å². The normalized spacial score (nSPS) is 22.6. The smallest absolute Gasteiger partial charge is 0.253 e. The molecule has 0 saturated carbocycles. The lowest BCUT2D eigenvalue weighted by Crippen LogP contribution is -2.50. The van der Waals surface area contributed by atoms with Gasteiger partial charge in [-0.05, 0) is 37.6 Å². The number of methoxy groups -OCH3 is 1. The molecule has 0 spiro atoms. The minimum absolute atomic E-state index is 0.108. The van der Waals surface area contributed by atoms with Gasteiger partial charge in [-0.15, -0.1) is 0 Å². The number of carbonyl (C=O) groups is 1. The molecule has 2 unspecified atom stereocenters. The summed E-state index contributed by atoms with van der Waals surface area (Å²) in [6, 6.07) is 7.92. The van der Waals surface area contributed by atoms with E-state index in [4.69, 9.17) is 4.74 Å². The number of nitrogens with zero attached hydrogens (tertiary/aromatic N) is 1. The number of likely N-dealkylation sites (tertiary alicyclic amines) is 1. The third kappa shape index (κ3) is 3.12. The van der Waals surface area contributed by atoms with E-state index in [0.29, 0.717) is 17.5 Å². The van der Waals surface area contributed by atoms with Gasteiger partial charge in [-0.25, -0.2) is 0 Å². The first-order chi connectivity index (χ1) is 9.69. The van der Waals surface area contributed by atoms with Gasteiger partial charge in [0.05, 0.1) is 7.11 Å². The van der Waals surface area contributed by atoms with Crippen LogP contribution in [0.1, 0.15) is 30.1 Å². The Hall–Kier alpha value is -1.55. The van der Waals surface area contributed by atoms with Crippen molar-refractivity contribution in [3.05, 3.63) is 29.8 Å². The third-order valence-corrected chi connectivity index (χ3v) is 4.23. The number of benzene rings is 1. The van der Waals surface area contributed by atoms with Crippen LogP contribution in [0.2, 0.25) is 0 Å². The van der Waals surface area contributed by atoms with E-state index in [2.05, 4.69) is 12.2 Å². The monoisotopic (exact) mass is 276 g/mol. The molecule has 1 aromatic rings. The zero-order valence-corrected chi connectivity index (χ0v) is 12.6. The third-order valence-electron chi connectivity index (χ3n) is 4.23. The highest BCUT2D eigenvalue weighted by molar-refractivity contribution is 5.94. The van der Waals surface area contributed by atoms with Crippen LogP contribution >= 0.6 is 0 Å². The molecule has 1 N–H and O–H groups in total. The van der Waals surface area contributed by atoms with E-state index in [1.54, 1.807) is 7.11 Å². The van der Waals surface area contributed by atoms with E-state index in [1.165, 1.54) is 0 Å². The topological polar surface area (TPSA) is 41.6 Å². The van der Waals surface area contributed by atoms with Crippen LogP contribution in [0.4, 0.5) is 0 Å². The molecule has 4 heteroatoms. The molecule has 1 fully saturated rings. The van der Waals surface area contributed by atoms with Gasteiger partial charge in [0.1, 0.15) is 5.75 Å². The predicted octanol–water partition coefficient (Wildman–Crippen LogP) is 2.16. The first-order valence-corrected chi connectivity index (χ1v) is 7.30. The largest absolute Gasteiger partial charge is 0.497 e. The van der Waals surface area contributed by atoms with Crippen LogP contribution < -0.4 is 10.1 Å². The first-order valence-electron chi connectivity index (χ1n) is 7.30. The predicted molar refractivity (Wildman–Crippen MR) is 80.1 cm³/mol. The molecule has 1 saturated heterocycles. The fourth-order valence-electron chi connectivity index (χ4n) is 2.95. The Kier molecular flexibility index (Phi) is 5.01. The van der Waals surface area contributed by atoms with Gasteiger partial charge in [0, 0.05) is 24.7 Å². The molecule has 0 radical (unpaired) electrons. The summed E-state index contributed by atoms with van der Waals surface area (Å²) in [6.07, 6.45) is 2.11. The zero-order valence-electron chi connectivity index (χ0n) is 12.6. The van der Waals surface area contributed by atoms with E-state index < -0.39 is 0 Å². The molecule has 2 rings (SSSR count). The molecular weight excluding hydrogens is 252 g/mol. The zero-order chi connectivity index (χ0) is 14.5. The Morgan fingerprint density at radius 2 is 2.30 bits per heavy atom. The Labute approximate surface area is 121 Å². The highest BCUT2D eigenvalue weighted by atomic mass is 16.5. The number of hydrogen-bond acceptors (Lipinski definition) is 3.